The summed E-state index contributed by atoms with van der Waals surface area (Å²) in [6, 6.07) is 0. The van der Waals surface area contributed by atoms with Crippen LogP contribution in [-0.4, -0.2) is 51.6 Å². The van der Waals surface area contributed by atoms with Crippen LogP contribution in [0.3, 0.4) is 0 Å². The molecule has 0 saturated heterocycles. The predicted molar refractivity (Wildman–Crippen MR) is 115 cm³/mol. The lowest BCUT2D eigenvalue weighted by atomic mass is 10.2. The molecule has 0 aliphatic carbocycles. The summed E-state index contributed by atoms with van der Waals surface area (Å²) >= 11 is 0. The zero-order valence-electron chi connectivity index (χ0n) is 18.8. The molecule has 6 heteroatoms. The zero-order valence-corrected chi connectivity index (χ0v) is 20.8. The van der Waals surface area contributed by atoms with Crippen molar-refractivity contribution in [1.29, 1.82) is 0 Å². The van der Waals surface area contributed by atoms with E-state index in [1.807, 2.05) is 6.92 Å². The summed E-state index contributed by atoms with van der Waals surface area (Å²) in [5.41, 5.74) is 0.948. The van der Waals surface area contributed by atoms with Gasteiger partial charge in [-0.25, -0.2) is 4.79 Å². The second-order valence-corrected chi connectivity index (χ2v) is 20.0. The Kier molecular flexibility index (Phi) is 6.73. The molecule has 1 heterocycles. The van der Waals surface area contributed by atoms with Crippen LogP contribution in [0.1, 0.15) is 48.5 Å². The first-order chi connectivity index (χ1) is 11.5. The van der Waals surface area contributed by atoms with E-state index in [-0.39, 0.29) is 22.1 Å². The molecule has 0 aromatic heterocycles. The van der Waals surface area contributed by atoms with E-state index in [4.69, 9.17) is 8.85 Å². The molecule has 1 aliphatic rings. The molecular formula is C20H40NO3Si2+. The van der Waals surface area contributed by atoms with E-state index in [0.717, 1.165) is 5.71 Å². The fourth-order valence-electron chi connectivity index (χ4n) is 2.44. The Bertz CT molecular complexity index is 595. The molecule has 1 amide bonds. The van der Waals surface area contributed by atoms with E-state index in [1.165, 1.54) is 0 Å². The van der Waals surface area contributed by atoms with Crippen LogP contribution in [-0.2, 0) is 13.6 Å². The molecule has 1 aliphatic heterocycles. The first-order valence-corrected chi connectivity index (χ1v) is 15.4. The van der Waals surface area contributed by atoms with Crippen LogP contribution in [0.4, 0.5) is 0 Å². The van der Waals surface area contributed by atoms with Crippen LogP contribution < -0.4 is 0 Å². The number of rotatable bonds is 6. The molecule has 1 rings (SSSR count). The van der Waals surface area contributed by atoms with Gasteiger partial charge in [0.05, 0.1) is 0 Å². The Labute approximate surface area is 162 Å². The molecule has 0 fully saturated rings. The van der Waals surface area contributed by atoms with Crippen LogP contribution >= 0.6 is 0 Å². The highest BCUT2D eigenvalue weighted by Crippen LogP contribution is 2.41. The van der Waals surface area contributed by atoms with Crippen LogP contribution in [0.5, 0.6) is 0 Å². The summed E-state index contributed by atoms with van der Waals surface area (Å²) in [5, 5.41) is 0.109. The van der Waals surface area contributed by atoms with Gasteiger partial charge < -0.3 is 8.85 Å². The molecule has 0 aromatic carbocycles. The number of hydrogen-bond acceptors (Lipinski definition) is 3. The third-order valence-electron chi connectivity index (χ3n) is 6.39. The Balaban J connectivity index is 3.30. The first kappa shape index (κ1) is 23.5. The van der Waals surface area contributed by atoms with Crippen molar-refractivity contribution >= 4 is 28.3 Å². The third kappa shape index (κ3) is 4.64. The van der Waals surface area contributed by atoms with Crippen molar-refractivity contribution in [3.05, 3.63) is 12.7 Å². The largest absolute Gasteiger partial charge is 0.418 e. The van der Waals surface area contributed by atoms with E-state index in [2.05, 4.69) is 74.3 Å². The first-order valence-electron chi connectivity index (χ1n) is 9.57. The average molecular weight is 399 g/mol. The van der Waals surface area contributed by atoms with Gasteiger partial charge in [0.25, 0.3) is 0 Å². The maximum atomic E-state index is 13.1. The molecular weight excluding hydrogens is 358 g/mol. The van der Waals surface area contributed by atoms with Gasteiger partial charge in [-0.3, -0.25) is 0 Å². The van der Waals surface area contributed by atoms with Crippen LogP contribution in [0.15, 0.2) is 12.7 Å². The van der Waals surface area contributed by atoms with Crippen molar-refractivity contribution in [3.63, 3.8) is 0 Å². The minimum absolute atomic E-state index is 0.0101. The average Bonchev–Trinajstić information content (AvgIpc) is 2.62. The lowest BCUT2D eigenvalue weighted by Gasteiger charge is -2.41. The Morgan fingerprint density at radius 2 is 1.35 bits per heavy atom. The number of nitrogens with zero attached hydrogens (tertiary/aromatic N) is 1. The van der Waals surface area contributed by atoms with E-state index in [1.54, 1.807) is 10.7 Å². The van der Waals surface area contributed by atoms with Gasteiger partial charge >= 0.3 is 5.91 Å². The highest BCUT2D eigenvalue weighted by molar-refractivity contribution is 6.75. The molecule has 0 unspecified atom stereocenters. The molecule has 26 heavy (non-hydrogen) atoms. The molecule has 150 valence electrons. The van der Waals surface area contributed by atoms with Gasteiger partial charge in [-0.2, -0.15) is 4.58 Å². The van der Waals surface area contributed by atoms with Gasteiger partial charge in [-0.05, 0) is 42.3 Å². The van der Waals surface area contributed by atoms with E-state index >= 15 is 0 Å². The van der Waals surface area contributed by atoms with Gasteiger partial charge in [0.15, 0.2) is 35.0 Å². The molecule has 0 aromatic rings. The van der Waals surface area contributed by atoms with Crippen LogP contribution in [0, 0.1) is 0 Å². The molecule has 4 nitrogen and oxygen atoms in total. The third-order valence-corrected chi connectivity index (χ3v) is 15.3. The number of hydrogen-bond donors (Lipinski definition) is 0. The minimum Gasteiger partial charge on any atom is -0.402 e. The van der Waals surface area contributed by atoms with E-state index in [9.17, 15) is 4.79 Å². The highest BCUT2D eigenvalue weighted by atomic mass is 28.4. The number of amides is 1. The van der Waals surface area contributed by atoms with Crippen LogP contribution in [0.2, 0.25) is 36.3 Å². The van der Waals surface area contributed by atoms with Gasteiger partial charge in [-0.1, -0.05) is 48.1 Å². The Hall–Kier alpha value is -0.566. The monoisotopic (exact) mass is 398 g/mol. The summed E-state index contributed by atoms with van der Waals surface area (Å²) in [6.07, 6.45) is 0.905. The second-order valence-electron chi connectivity index (χ2n) is 10.5. The topological polar surface area (TPSA) is 38.5 Å². The van der Waals surface area contributed by atoms with Gasteiger partial charge in [0.2, 0.25) is 6.10 Å². The lowest BCUT2D eigenvalue weighted by molar-refractivity contribution is -0.436. The van der Waals surface area contributed by atoms with Crippen LogP contribution in [0.25, 0.3) is 0 Å². The fraction of sp³-hybridized carbons (Fsp3) is 0.800. The SMILES string of the molecule is C=CC[N+]1=C(C)[C@@H](O[Si](C)(C)C(C)(C)C)[C@H](O[Si](C)(C)C(C)(C)C)C1=O. The van der Waals surface area contributed by atoms with Crippen molar-refractivity contribution in [1.82, 2.24) is 0 Å². The predicted octanol–water partition coefficient (Wildman–Crippen LogP) is 4.97. The Morgan fingerprint density at radius 3 is 1.69 bits per heavy atom. The fourth-order valence-corrected chi connectivity index (χ4v) is 4.94. The summed E-state index contributed by atoms with van der Waals surface area (Å²) in [6.45, 7) is 28.4. The number of carbonyl (C=O) groups is 1. The number of carbonyl (C=O) groups excluding carboxylic acids is 1. The maximum Gasteiger partial charge on any atom is 0.418 e. The van der Waals surface area contributed by atoms with E-state index < -0.39 is 22.7 Å². The zero-order chi connectivity index (χ0) is 20.7. The molecule has 0 bridgehead atoms. The molecule has 0 N–H and O–H groups in total. The summed E-state index contributed by atoms with van der Waals surface area (Å²) in [5.74, 6) is 0.0101. The smallest absolute Gasteiger partial charge is 0.402 e. The van der Waals surface area contributed by atoms with Gasteiger partial charge in [0.1, 0.15) is 0 Å². The van der Waals surface area contributed by atoms with Crippen molar-refractivity contribution in [2.24, 2.45) is 0 Å². The van der Waals surface area contributed by atoms with Crippen molar-refractivity contribution in [3.8, 4) is 0 Å². The van der Waals surface area contributed by atoms with Crippen molar-refractivity contribution in [2.75, 3.05) is 6.54 Å². The molecule has 0 radical (unpaired) electrons. The minimum atomic E-state index is -2.11. The van der Waals surface area contributed by atoms with E-state index in [0.29, 0.717) is 6.54 Å². The van der Waals surface area contributed by atoms with Gasteiger partial charge in [0, 0.05) is 6.92 Å². The lowest BCUT2D eigenvalue weighted by Crippen LogP contribution is -2.53. The molecule has 0 saturated carbocycles. The molecule has 0 spiro atoms. The highest BCUT2D eigenvalue weighted by Gasteiger charge is 2.55. The van der Waals surface area contributed by atoms with Gasteiger partial charge in [-0.15, -0.1) is 0 Å². The summed E-state index contributed by atoms with van der Waals surface area (Å²) in [7, 11) is -4.16. The normalized spacial score (nSPS) is 23.0. The standard InChI is InChI=1S/C20H40NO3Si2/c1-13-14-21-15(2)16(23-25(9,10)19(3,4)5)17(18(21)22)24-26(11,12)20(6,7)8/h13,16-17H,1,14H2,2-12H3/q+1/t16-,17+/m1/s1. The van der Waals surface area contributed by atoms with Crippen molar-refractivity contribution in [2.45, 2.75) is 96.9 Å². The van der Waals surface area contributed by atoms with Crippen molar-refractivity contribution < 1.29 is 18.2 Å². The molecule has 2 atom stereocenters. The summed E-state index contributed by atoms with van der Waals surface area (Å²) < 4.78 is 15.1. The second kappa shape index (κ2) is 7.45. The quantitative estimate of drug-likeness (QED) is 0.360. The Morgan fingerprint density at radius 1 is 0.962 bits per heavy atom. The maximum absolute atomic E-state index is 13.1. The summed E-state index contributed by atoms with van der Waals surface area (Å²) in [4.78, 5) is 13.1.